The number of amides is 1. The van der Waals surface area contributed by atoms with Gasteiger partial charge in [0.1, 0.15) is 0 Å². The summed E-state index contributed by atoms with van der Waals surface area (Å²) in [5, 5.41) is 15.5. The molecule has 0 spiro atoms. The molecule has 0 aliphatic carbocycles. The van der Waals surface area contributed by atoms with Crippen LogP contribution in [0.5, 0.6) is 0 Å². The highest BCUT2D eigenvalue weighted by molar-refractivity contribution is 5.97. The maximum Gasteiger partial charge on any atom is 0.335 e. The first-order valence-corrected chi connectivity index (χ1v) is 12.4. The monoisotopic (exact) mass is 478 g/mol. The van der Waals surface area contributed by atoms with Crippen molar-refractivity contribution in [3.63, 3.8) is 0 Å². The molecule has 2 unspecified atom stereocenters. The molecule has 1 saturated heterocycles. The Morgan fingerprint density at radius 2 is 1.56 bits per heavy atom. The third-order valence-electron chi connectivity index (χ3n) is 7.17. The number of aromatic carboxylic acids is 1. The molecule has 5 rings (SSSR count). The predicted molar refractivity (Wildman–Crippen MR) is 142 cm³/mol. The molecule has 2 N–H and O–H groups in total. The number of carboxylic acid groups (broad SMARTS) is 1. The number of hydrogen-bond acceptors (Lipinski definition) is 3. The maximum atomic E-state index is 13.3. The minimum Gasteiger partial charge on any atom is -0.478 e. The van der Waals surface area contributed by atoms with E-state index >= 15 is 0 Å². The second kappa shape index (κ2) is 10.8. The number of carbonyl (C=O) groups excluding carboxylic acids is 1. The van der Waals surface area contributed by atoms with Gasteiger partial charge < -0.3 is 15.3 Å². The predicted octanol–water partition coefficient (Wildman–Crippen LogP) is 5.23. The SMILES string of the molecule is O=C(O)c1cccc(C(=O)N2CC(CNCCc3cccc4ccccc34)C(c3ccccc3)C2)c1. The van der Waals surface area contributed by atoms with Gasteiger partial charge in [0.2, 0.25) is 0 Å². The first-order chi connectivity index (χ1) is 17.6. The van der Waals surface area contributed by atoms with Crippen LogP contribution < -0.4 is 5.32 Å². The molecule has 182 valence electrons. The number of likely N-dealkylation sites (tertiary alicyclic amines) is 1. The Balaban J connectivity index is 1.27. The topological polar surface area (TPSA) is 69.6 Å². The van der Waals surface area contributed by atoms with E-state index in [1.807, 2.05) is 23.1 Å². The summed E-state index contributed by atoms with van der Waals surface area (Å²) in [6.45, 7) is 2.93. The second-order valence-electron chi connectivity index (χ2n) is 9.47. The average Bonchev–Trinajstić information content (AvgIpc) is 3.35. The molecule has 0 saturated carbocycles. The summed E-state index contributed by atoms with van der Waals surface area (Å²) in [5.41, 5.74) is 3.12. The van der Waals surface area contributed by atoms with Gasteiger partial charge in [0, 0.05) is 31.1 Å². The first-order valence-electron chi connectivity index (χ1n) is 12.4. The van der Waals surface area contributed by atoms with Crippen LogP contribution in [-0.4, -0.2) is 48.1 Å². The summed E-state index contributed by atoms with van der Waals surface area (Å²) in [6.07, 6.45) is 0.939. The number of rotatable bonds is 8. The number of benzene rings is 4. The van der Waals surface area contributed by atoms with E-state index in [1.54, 1.807) is 12.1 Å². The highest BCUT2D eigenvalue weighted by Gasteiger charge is 2.36. The highest BCUT2D eigenvalue weighted by atomic mass is 16.4. The van der Waals surface area contributed by atoms with Crippen LogP contribution in [0.15, 0.2) is 97.1 Å². The van der Waals surface area contributed by atoms with Gasteiger partial charge in [0.25, 0.3) is 5.91 Å². The van der Waals surface area contributed by atoms with Crippen LogP contribution in [0.3, 0.4) is 0 Å². The Morgan fingerprint density at radius 1 is 0.833 bits per heavy atom. The Labute approximate surface area is 211 Å². The lowest BCUT2D eigenvalue weighted by atomic mass is 9.89. The quantitative estimate of drug-likeness (QED) is 0.341. The van der Waals surface area contributed by atoms with E-state index in [0.29, 0.717) is 18.7 Å². The summed E-state index contributed by atoms with van der Waals surface area (Å²) in [7, 11) is 0. The van der Waals surface area contributed by atoms with Crippen LogP contribution in [0.1, 0.15) is 37.8 Å². The van der Waals surface area contributed by atoms with Gasteiger partial charge >= 0.3 is 5.97 Å². The van der Waals surface area contributed by atoms with Crippen LogP contribution in [0, 0.1) is 5.92 Å². The summed E-state index contributed by atoms with van der Waals surface area (Å²) in [5.74, 6) is -0.645. The number of hydrogen-bond donors (Lipinski definition) is 2. The summed E-state index contributed by atoms with van der Waals surface area (Å²) in [4.78, 5) is 26.5. The minimum absolute atomic E-state index is 0.114. The molecule has 0 radical (unpaired) electrons. The minimum atomic E-state index is -1.03. The molecule has 2 atom stereocenters. The Kier molecular flexibility index (Phi) is 7.10. The molecule has 5 nitrogen and oxygen atoms in total. The van der Waals surface area contributed by atoms with E-state index in [1.165, 1.54) is 34.0 Å². The van der Waals surface area contributed by atoms with Gasteiger partial charge in [-0.05, 0) is 59.0 Å². The summed E-state index contributed by atoms with van der Waals surface area (Å²) >= 11 is 0. The van der Waals surface area contributed by atoms with E-state index in [4.69, 9.17) is 0 Å². The van der Waals surface area contributed by atoms with Crippen molar-refractivity contribution in [2.45, 2.75) is 12.3 Å². The van der Waals surface area contributed by atoms with Gasteiger partial charge in [-0.25, -0.2) is 4.79 Å². The molecule has 0 bridgehead atoms. The molecule has 4 aromatic rings. The van der Waals surface area contributed by atoms with Crippen LogP contribution in [0.25, 0.3) is 10.8 Å². The lowest BCUT2D eigenvalue weighted by molar-refractivity contribution is 0.0697. The molecule has 1 amide bonds. The lowest BCUT2D eigenvalue weighted by Crippen LogP contribution is -2.31. The lowest BCUT2D eigenvalue weighted by Gasteiger charge is -2.19. The standard InChI is InChI=1S/C31H30N2O3/c34-30(25-13-7-14-26(18-25)31(35)36)33-20-27(29(21-33)23-8-2-1-3-9-23)19-32-17-16-24-12-6-11-22-10-4-5-15-28(22)24/h1-15,18,27,29,32H,16-17,19-21H2,(H,35,36). The molecule has 5 heteroatoms. The molecule has 1 aliphatic rings. The van der Waals surface area contributed by atoms with Crippen LogP contribution >= 0.6 is 0 Å². The number of carboxylic acids is 1. The van der Waals surface area contributed by atoms with Gasteiger partial charge in [0.05, 0.1) is 5.56 Å². The van der Waals surface area contributed by atoms with E-state index in [0.717, 1.165) is 19.5 Å². The van der Waals surface area contributed by atoms with Crippen LogP contribution in [-0.2, 0) is 6.42 Å². The second-order valence-corrected chi connectivity index (χ2v) is 9.47. The van der Waals surface area contributed by atoms with Gasteiger partial charge in [-0.2, -0.15) is 0 Å². The van der Waals surface area contributed by atoms with Gasteiger partial charge in [0.15, 0.2) is 0 Å². The van der Waals surface area contributed by atoms with E-state index in [2.05, 4.69) is 59.9 Å². The molecule has 36 heavy (non-hydrogen) atoms. The Morgan fingerprint density at radius 3 is 2.39 bits per heavy atom. The Bertz CT molecular complexity index is 1360. The molecule has 1 fully saturated rings. The fourth-order valence-corrected chi connectivity index (χ4v) is 5.31. The third-order valence-corrected chi connectivity index (χ3v) is 7.17. The zero-order valence-electron chi connectivity index (χ0n) is 20.1. The maximum absolute atomic E-state index is 13.3. The van der Waals surface area contributed by atoms with Gasteiger partial charge in [-0.1, -0.05) is 78.9 Å². The van der Waals surface area contributed by atoms with E-state index < -0.39 is 5.97 Å². The molecule has 0 aromatic heterocycles. The van der Waals surface area contributed by atoms with Crippen molar-refractivity contribution in [1.29, 1.82) is 0 Å². The number of carbonyl (C=O) groups is 2. The largest absolute Gasteiger partial charge is 0.478 e. The molecule has 1 heterocycles. The van der Waals surface area contributed by atoms with Crippen molar-refractivity contribution in [2.24, 2.45) is 5.92 Å². The van der Waals surface area contributed by atoms with Gasteiger partial charge in [-0.3, -0.25) is 4.79 Å². The fourth-order valence-electron chi connectivity index (χ4n) is 5.31. The van der Waals surface area contributed by atoms with Crippen molar-refractivity contribution >= 4 is 22.6 Å². The van der Waals surface area contributed by atoms with Crippen molar-refractivity contribution in [2.75, 3.05) is 26.2 Å². The molecular formula is C31H30N2O3. The van der Waals surface area contributed by atoms with Gasteiger partial charge in [-0.15, -0.1) is 0 Å². The highest BCUT2D eigenvalue weighted by Crippen LogP contribution is 2.33. The van der Waals surface area contributed by atoms with Crippen LogP contribution in [0.2, 0.25) is 0 Å². The molecule has 4 aromatic carbocycles. The number of nitrogens with zero attached hydrogens (tertiary/aromatic N) is 1. The molecular weight excluding hydrogens is 448 g/mol. The van der Waals surface area contributed by atoms with Crippen molar-refractivity contribution in [3.8, 4) is 0 Å². The van der Waals surface area contributed by atoms with Crippen LogP contribution in [0.4, 0.5) is 0 Å². The number of fused-ring (bicyclic) bond motifs is 1. The van der Waals surface area contributed by atoms with Crippen molar-refractivity contribution < 1.29 is 14.7 Å². The summed E-state index contributed by atoms with van der Waals surface area (Å²) in [6, 6.07) is 31.6. The van der Waals surface area contributed by atoms with E-state index in [-0.39, 0.29) is 23.3 Å². The van der Waals surface area contributed by atoms with E-state index in [9.17, 15) is 14.7 Å². The van der Waals surface area contributed by atoms with Crippen molar-refractivity contribution in [3.05, 3.63) is 119 Å². The van der Waals surface area contributed by atoms with Crippen molar-refractivity contribution in [1.82, 2.24) is 10.2 Å². The number of nitrogens with one attached hydrogen (secondary N) is 1. The normalized spacial score (nSPS) is 17.4. The average molecular weight is 479 g/mol. The summed E-state index contributed by atoms with van der Waals surface area (Å²) < 4.78 is 0. The smallest absolute Gasteiger partial charge is 0.335 e. The first kappa shape index (κ1) is 23.8. The fraction of sp³-hybridized carbons (Fsp3) is 0.226. The zero-order valence-corrected chi connectivity index (χ0v) is 20.1. The molecule has 1 aliphatic heterocycles. The Hall–Kier alpha value is -3.96. The zero-order chi connectivity index (χ0) is 24.9. The third kappa shape index (κ3) is 5.16.